The Morgan fingerprint density at radius 1 is 1.38 bits per heavy atom. The number of carbonyl (C=O) groups excluding carboxylic acids is 3. The number of benzene rings is 1. The van der Waals surface area contributed by atoms with Gasteiger partial charge in [-0.05, 0) is 25.1 Å². The molecule has 170 valence electrons. The number of rotatable bonds is 4. The van der Waals surface area contributed by atoms with Crippen LogP contribution in [0.25, 0.3) is 0 Å². The number of carbonyl (C=O) groups is 3. The number of nitriles is 1. The van der Waals surface area contributed by atoms with Crippen molar-refractivity contribution in [3.05, 3.63) is 34.1 Å². The molecule has 1 aromatic rings. The summed E-state index contributed by atoms with van der Waals surface area (Å²) in [5, 5.41) is 18.6. The fourth-order valence-corrected chi connectivity index (χ4v) is 4.45. The number of halogens is 2. The molecule has 3 amide bonds. The molecule has 1 saturated heterocycles. The Morgan fingerprint density at radius 2 is 2.06 bits per heavy atom. The van der Waals surface area contributed by atoms with Gasteiger partial charge in [0.25, 0.3) is 0 Å². The average Bonchev–Trinajstić information content (AvgIpc) is 2.76. The van der Waals surface area contributed by atoms with Gasteiger partial charge in [-0.15, -0.1) is 0 Å². The molecule has 0 saturated carbocycles. The maximum absolute atomic E-state index is 13.6. The first-order valence-electron chi connectivity index (χ1n) is 9.89. The van der Waals surface area contributed by atoms with E-state index in [9.17, 15) is 24.0 Å². The van der Waals surface area contributed by atoms with Crippen LogP contribution in [0.3, 0.4) is 0 Å². The predicted molar refractivity (Wildman–Crippen MR) is 115 cm³/mol. The van der Waals surface area contributed by atoms with Crippen LogP contribution in [0, 0.1) is 17.1 Å². The minimum atomic E-state index is -1.05. The molecule has 0 radical (unpaired) electrons. The zero-order valence-electron chi connectivity index (χ0n) is 17.4. The maximum Gasteiger partial charge on any atom is 0.428 e. The molecule has 1 spiro atoms. The Hall–Kier alpha value is -3.04. The van der Waals surface area contributed by atoms with Crippen LogP contribution in [0.4, 0.5) is 9.18 Å². The van der Waals surface area contributed by atoms with Crippen molar-refractivity contribution >= 4 is 39.5 Å². The van der Waals surface area contributed by atoms with Crippen LogP contribution in [0.5, 0.6) is 0 Å². The lowest BCUT2D eigenvalue weighted by atomic mass is 9.82. The number of likely N-dealkylation sites (N-methyl/N-ethyl adjacent to an activating group) is 1. The van der Waals surface area contributed by atoms with Gasteiger partial charge in [-0.3, -0.25) is 14.5 Å². The van der Waals surface area contributed by atoms with Gasteiger partial charge in [0.05, 0.1) is 12.1 Å². The number of hydrogen-bond acceptors (Lipinski definition) is 7. The molecule has 1 fully saturated rings. The fourth-order valence-electron chi connectivity index (χ4n) is 3.92. The second-order valence-electron chi connectivity index (χ2n) is 7.53. The van der Waals surface area contributed by atoms with Crippen LogP contribution in [-0.2, 0) is 14.3 Å². The minimum absolute atomic E-state index is 0.331. The largest absolute Gasteiger partial charge is 0.435 e. The normalized spacial score (nSPS) is 19.6. The van der Waals surface area contributed by atoms with Crippen LogP contribution in [-0.4, -0.2) is 66.3 Å². The molecule has 32 heavy (non-hydrogen) atoms. The van der Waals surface area contributed by atoms with Crippen LogP contribution < -0.4 is 16.1 Å². The average molecular weight is 509 g/mol. The van der Waals surface area contributed by atoms with E-state index >= 15 is 0 Å². The molecule has 3 N–H and O–H groups in total. The van der Waals surface area contributed by atoms with Gasteiger partial charge in [0.2, 0.25) is 0 Å². The summed E-state index contributed by atoms with van der Waals surface area (Å²) in [6, 6.07) is 5.02. The van der Waals surface area contributed by atoms with Gasteiger partial charge in [0.1, 0.15) is 17.6 Å². The minimum Gasteiger partial charge on any atom is -0.435 e. The van der Waals surface area contributed by atoms with Gasteiger partial charge in [-0.25, -0.2) is 14.6 Å². The molecule has 0 bridgehead atoms. The van der Waals surface area contributed by atoms with Gasteiger partial charge in [0.15, 0.2) is 5.60 Å². The van der Waals surface area contributed by atoms with E-state index in [-0.39, 0.29) is 0 Å². The first kappa shape index (κ1) is 23.6. The number of amides is 3. The lowest BCUT2D eigenvalue weighted by molar-refractivity contribution is -0.139. The molecule has 0 aliphatic carbocycles. The molecular weight excluding hydrogens is 487 g/mol. The third kappa shape index (κ3) is 4.73. The number of piperidine rings is 1. The fraction of sp³-hybridized carbons (Fsp3) is 0.450. The third-order valence-electron chi connectivity index (χ3n) is 5.56. The summed E-state index contributed by atoms with van der Waals surface area (Å²) in [6.07, 6.45) is -0.0298. The van der Waals surface area contributed by atoms with E-state index in [0.29, 0.717) is 41.7 Å². The number of ether oxygens (including phenoxy) is 1. The smallest absolute Gasteiger partial charge is 0.428 e. The lowest BCUT2D eigenvalue weighted by Crippen LogP contribution is -2.60. The molecule has 12 heteroatoms. The number of nitrogens with zero attached hydrogens (tertiary/aromatic N) is 3. The van der Waals surface area contributed by atoms with E-state index < -0.39 is 41.4 Å². The highest BCUT2D eigenvalue weighted by Crippen LogP contribution is 2.35. The highest BCUT2D eigenvalue weighted by molar-refractivity contribution is 9.10. The van der Waals surface area contributed by atoms with Gasteiger partial charge >= 0.3 is 17.9 Å². The molecule has 2 atom stereocenters. The summed E-state index contributed by atoms with van der Waals surface area (Å²) in [5.74, 6) is -2.04. The molecule has 0 aromatic heterocycles. The Labute approximate surface area is 192 Å². The molecule has 2 aliphatic heterocycles. The Kier molecular flexibility index (Phi) is 7.10. The van der Waals surface area contributed by atoms with E-state index in [1.807, 2.05) is 4.90 Å². The molecule has 1 aromatic carbocycles. The topological polar surface area (TPSA) is 136 Å². The van der Waals surface area contributed by atoms with E-state index in [4.69, 9.17) is 4.74 Å². The number of nitrogens with one attached hydrogen (secondary N) is 3. The molecule has 10 nitrogen and oxygen atoms in total. The first-order valence-corrected chi connectivity index (χ1v) is 10.7. The summed E-state index contributed by atoms with van der Waals surface area (Å²) in [5.41, 5.74) is 2.30. The number of likely N-dealkylation sites (tertiary alicyclic amines) is 1. The Balaban J connectivity index is 1.78. The van der Waals surface area contributed by atoms with Gasteiger partial charge in [-0.1, -0.05) is 15.9 Å². The van der Waals surface area contributed by atoms with E-state index in [1.54, 1.807) is 13.0 Å². The summed E-state index contributed by atoms with van der Waals surface area (Å²) >= 11 is 3.34. The number of hydrazone groups is 1. The van der Waals surface area contributed by atoms with Crippen molar-refractivity contribution in [3.8, 4) is 6.07 Å². The predicted octanol–water partition coefficient (Wildman–Crippen LogP) is 1.01. The quantitative estimate of drug-likeness (QED) is 0.519. The van der Waals surface area contributed by atoms with Crippen molar-refractivity contribution in [1.82, 2.24) is 21.0 Å². The zero-order valence-corrected chi connectivity index (χ0v) is 19.0. The third-order valence-corrected chi connectivity index (χ3v) is 6.22. The SMILES string of the molecule is CNC(=O)C(=O)N[C@@H](C)C(C#N)N1CCC2(CC1)OC(=O)NN=C2c1ccc(F)cc1Br. The van der Waals surface area contributed by atoms with Gasteiger partial charge in [0, 0.05) is 43.0 Å². The van der Waals surface area contributed by atoms with Crippen LogP contribution in [0.1, 0.15) is 25.3 Å². The molecule has 3 rings (SSSR count). The highest BCUT2D eigenvalue weighted by Gasteiger charge is 2.47. The van der Waals surface area contributed by atoms with Crippen molar-refractivity contribution < 1.29 is 23.5 Å². The summed E-state index contributed by atoms with van der Waals surface area (Å²) in [7, 11) is 1.34. The summed E-state index contributed by atoms with van der Waals surface area (Å²) in [6.45, 7) is 2.37. The Morgan fingerprint density at radius 3 is 2.66 bits per heavy atom. The van der Waals surface area contributed by atoms with E-state index in [2.05, 4.69) is 43.2 Å². The highest BCUT2D eigenvalue weighted by atomic mass is 79.9. The molecule has 1 unspecified atom stereocenters. The molecule has 2 aliphatic rings. The second kappa shape index (κ2) is 9.62. The van der Waals surface area contributed by atoms with Crippen molar-refractivity contribution in [2.75, 3.05) is 20.1 Å². The molecular formula is C20H22BrFN6O4. The van der Waals surface area contributed by atoms with Crippen LogP contribution >= 0.6 is 15.9 Å². The maximum atomic E-state index is 13.6. The first-order chi connectivity index (χ1) is 15.2. The van der Waals surface area contributed by atoms with Gasteiger partial charge < -0.3 is 15.4 Å². The summed E-state index contributed by atoms with van der Waals surface area (Å²) < 4.78 is 19.7. The van der Waals surface area contributed by atoms with Crippen molar-refractivity contribution in [1.29, 1.82) is 5.26 Å². The van der Waals surface area contributed by atoms with Gasteiger partial charge in [-0.2, -0.15) is 10.4 Å². The lowest BCUT2D eigenvalue weighted by Gasteiger charge is -2.45. The van der Waals surface area contributed by atoms with Crippen molar-refractivity contribution in [3.63, 3.8) is 0 Å². The zero-order chi connectivity index (χ0) is 23.5. The monoisotopic (exact) mass is 508 g/mol. The van der Waals surface area contributed by atoms with Crippen LogP contribution in [0.2, 0.25) is 0 Å². The van der Waals surface area contributed by atoms with E-state index in [1.165, 1.54) is 19.2 Å². The second-order valence-corrected chi connectivity index (χ2v) is 8.39. The van der Waals surface area contributed by atoms with Crippen LogP contribution in [0.15, 0.2) is 27.8 Å². The van der Waals surface area contributed by atoms with E-state index in [0.717, 1.165) is 0 Å². The number of hydrogen-bond donors (Lipinski definition) is 3. The van der Waals surface area contributed by atoms with Crippen molar-refractivity contribution in [2.24, 2.45) is 5.10 Å². The molecule has 2 heterocycles. The standard InChI is InChI=1S/C20H22BrFN6O4/c1-11(25-18(30)17(29)24-2)15(10-23)28-7-5-20(6-8-28)16(26-27-19(31)32-20)13-4-3-12(22)9-14(13)21/h3-4,9,11,15H,5-8H2,1-2H3,(H,24,29)(H,25,30)(H,27,31)/t11-,15?/m0/s1. The van der Waals surface area contributed by atoms with Crippen molar-refractivity contribution in [2.45, 2.75) is 37.5 Å². The summed E-state index contributed by atoms with van der Waals surface area (Å²) in [4.78, 5) is 37.2. The Bertz CT molecular complexity index is 1000.